The van der Waals surface area contributed by atoms with Gasteiger partial charge in [-0.15, -0.1) is 11.3 Å². The standard InChI is InChI=1S/C16H18ClN3O2S/c1-11-14(10-22-16(21)20-8-6-18-7-9-20)23-15(19-11)12-2-4-13(17)5-3-12/h2-5,18H,6-10H2,1H3. The molecule has 1 aromatic carbocycles. The SMILES string of the molecule is Cc1nc(-c2ccc(Cl)cc2)sc1COC(=O)N1CCNCC1. The molecule has 1 saturated heterocycles. The average Bonchev–Trinajstić information content (AvgIpc) is 2.95. The monoisotopic (exact) mass is 351 g/mol. The summed E-state index contributed by atoms with van der Waals surface area (Å²) >= 11 is 7.46. The van der Waals surface area contributed by atoms with E-state index >= 15 is 0 Å². The van der Waals surface area contributed by atoms with Crippen LogP contribution in [0.1, 0.15) is 10.6 Å². The number of halogens is 1. The molecule has 1 fully saturated rings. The highest BCUT2D eigenvalue weighted by atomic mass is 35.5. The molecule has 0 bridgehead atoms. The quantitative estimate of drug-likeness (QED) is 0.921. The molecule has 122 valence electrons. The lowest BCUT2D eigenvalue weighted by Gasteiger charge is -2.26. The third-order valence-corrected chi connectivity index (χ3v) is 5.12. The van der Waals surface area contributed by atoms with Crippen molar-refractivity contribution in [1.82, 2.24) is 15.2 Å². The first kappa shape index (κ1) is 16.2. The van der Waals surface area contributed by atoms with E-state index in [4.69, 9.17) is 16.3 Å². The third-order valence-electron chi connectivity index (χ3n) is 3.69. The Morgan fingerprint density at radius 1 is 1.35 bits per heavy atom. The van der Waals surface area contributed by atoms with Crippen molar-refractivity contribution >= 4 is 29.0 Å². The minimum absolute atomic E-state index is 0.257. The van der Waals surface area contributed by atoms with Gasteiger partial charge in [-0.25, -0.2) is 9.78 Å². The van der Waals surface area contributed by atoms with Crippen LogP contribution in [-0.2, 0) is 11.3 Å². The number of rotatable bonds is 3. The number of piperazine rings is 1. The van der Waals surface area contributed by atoms with Crippen LogP contribution in [0.15, 0.2) is 24.3 Å². The summed E-state index contributed by atoms with van der Waals surface area (Å²) in [7, 11) is 0. The number of carbonyl (C=O) groups excluding carboxylic acids is 1. The van der Waals surface area contributed by atoms with E-state index in [-0.39, 0.29) is 12.7 Å². The van der Waals surface area contributed by atoms with Crippen molar-refractivity contribution in [3.63, 3.8) is 0 Å². The van der Waals surface area contributed by atoms with Crippen molar-refractivity contribution in [1.29, 1.82) is 0 Å². The van der Waals surface area contributed by atoms with Crippen LogP contribution in [0.3, 0.4) is 0 Å². The first-order valence-corrected chi connectivity index (χ1v) is 8.67. The van der Waals surface area contributed by atoms with E-state index in [2.05, 4.69) is 10.3 Å². The lowest BCUT2D eigenvalue weighted by Crippen LogP contribution is -2.46. The Bertz CT molecular complexity index is 681. The minimum Gasteiger partial charge on any atom is -0.444 e. The number of hydrogen-bond donors (Lipinski definition) is 1. The van der Waals surface area contributed by atoms with Crippen LogP contribution in [0.5, 0.6) is 0 Å². The van der Waals surface area contributed by atoms with Gasteiger partial charge in [0.25, 0.3) is 0 Å². The summed E-state index contributed by atoms with van der Waals surface area (Å²) in [6, 6.07) is 7.57. The molecule has 2 aromatic rings. The average molecular weight is 352 g/mol. The van der Waals surface area contributed by atoms with E-state index in [0.29, 0.717) is 18.1 Å². The fourth-order valence-electron chi connectivity index (χ4n) is 2.34. The van der Waals surface area contributed by atoms with Crippen LogP contribution >= 0.6 is 22.9 Å². The summed E-state index contributed by atoms with van der Waals surface area (Å²) in [5.41, 5.74) is 1.91. The fourth-order valence-corrected chi connectivity index (χ4v) is 3.45. The van der Waals surface area contributed by atoms with Crippen molar-refractivity contribution < 1.29 is 9.53 Å². The van der Waals surface area contributed by atoms with Gasteiger partial charge in [-0.1, -0.05) is 23.7 Å². The number of ether oxygens (including phenoxy) is 1. The molecule has 0 unspecified atom stereocenters. The summed E-state index contributed by atoms with van der Waals surface area (Å²) in [5, 5.41) is 4.82. The Morgan fingerprint density at radius 3 is 2.74 bits per heavy atom. The molecule has 7 heteroatoms. The Hall–Kier alpha value is -1.63. The van der Waals surface area contributed by atoms with Gasteiger partial charge in [-0.05, 0) is 19.1 Å². The normalized spacial score (nSPS) is 14.8. The van der Waals surface area contributed by atoms with Gasteiger partial charge in [0, 0.05) is 36.8 Å². The molecule has 0 aliphatic carbocycles. The zero-order valence-corrected chi connectivity index (χ0v) is 14.4. The Kier molecular flexibility index (Phi) is 5.15. The van der Waals surface area contributed by atoms with Gasteiger partial charge in [0.15, 0.2) is 0 Å². The van der Waals surface area contributed by atoms with E-state index in [0.717, 1.165) is 34.2 Å². The highest BCUT2D eigenvalue weighted by Gasteiger charge is 2.18. The predicted octanol–water partition coefficient (Wildman–Crippen LogP) is 3.31. The molecule has 1 aliphatic rings. The molecule has 2 heterocycles. The molecular weight excluding hydrogens is 334 g/mol. The van der Waals surface area contributed by atoms with Crippen LogP contribution in [0.2, 0.25) is 5.02 Å². The maximum atomic E-state index is 12.0. The van der Waals surface area contributed by atoms with Gasteiger partial charge in [-0.3, -0.25) is 0 Å². The molecule has 1 aromatic heterocycles. The Labute approximate surface area is 144 Å². The number of nitrogens with zero attached hydrogens (tertiary/aromatic N) is 2. The summed E-state index contributed by atoms with van der Waals surface area (Å²) < 4.78 is 5.43. The molecule has 0 saturated carbocycles. The lowest BCUT2D eigenvalue weighted by molar-refractivity contribution is 0.0925. The molecule has 0 radical (unpaired) electrons. The second-order valence-electron chi connectivity index (χ2n) is 5.33. The fraction of sp³-hybridized carbons (Fsp3) is 0.375. The maximum absolute atomic E-state index is 12.0. The molecule has 0 atom stereocenters. The highest BCUT2D eigenvalue weighted by molar-refractivity contribution is 7.15. The van der Waals surface area contributed by atoms with Gasteiger partial charge >= 0.3 is 6.09 Å². The van der Waals surface area contributed by atoms with Gasteiger partial charge in [0.05, 0.1) is 10.6 Å². The van der Waals surface area contributed by atoms with Crippen molar-refractivity contribution in [2.45, 2.75) is 13.5 Å². The number of aromatic nitrogens is 1. The summed E-state index contributed by atoms with van der Waals surface area (Å²) in [6.45, 7) is 5.21. The molecule has 3 rings (SSSR count). The molecule has 23 heavy (non-hydrogen) atoms. The molecule has 5 nitrogen and oxygen atoms in total. The topological polar surface area (TPSA) is 54.5 Å². The summed E-state index contributed by atoms with van der Waals surface area (Å²) in [5.74, 6) is 0. The smallest absolute Gasteiger partial charge is 0.410 e. The number of aryl methyl sites for hydroxylation is 1. The molecule has 0 spiro atoms. The largest absolute Gasteiger partial charge is 0.444 e. The van der Waals surface area contributed by atoms with Crippen molar-refractivity contribution in [3.05, 3.63) is 39.9 Å². The predicted molar refractivity (Wildman–Crippen MR) is 91.9 cm³/mol. The second-order valence-corrected chi connectivity index (χ2v) is 6.85. The third kappa shape index (κ3) is 4.02. The minimum atomic E-state index is -0.257. The highest BCUT2D eigenvalue weighted by Crippen LogP contribution is 2.29. The number of carbonyl (C=O) groups is 1. The van der Waals surface area contributed by atoms with E-state index in [9.17, 15) is 4.79 Å². The zero-order valence-electron chi connectivity index (χ0n) is 12.8. The van der Waals surface area contributed by atoms with Crippen LogP contribution < -0.4 is 5.32 Å². The lowest BCUT2D eigenvalue weighted by atomic mass is 10.2. The van der Waals surface area contributed by atoms with Crippen molar-refractivity contribution in [3.8, 4) is 10.6 Å². The van der Waals surface area contributed by atoms with E-state index < -0.39 is 0 Å². The van der Waals surface area contributed by atoms with Crippen LogP contribution in [-0.4, -0.2) is 42.2 Å². The van der Waals surface area contributed by atoms with Gasteiger partial charge < -0.3 is 15.0 Å². The van der Waals surface area contributed by atoms with E-state index in [1.165, 1.54) is 0 Å². The maximum Gasteiger partial charge on any atom is 0.410 e. The van der Waals surface area contributed by atoms with Crippen molar-refractivity contribution in [2.24, 2.45) is 0 Å². The zero-order chi connectivity index (χ0) is 16.2. The first-order chi connectivity index (χ1) is 11.1. The van der Waals surface area contributed by atoms with Gasteiger partial charge in [-0.2, -0.15) is 0 Å². The van der Waals surface area contributed by atoms with Crippen LogP contribution in [0.4, 0.5) is 4.79 Å². The number of amides is 1. The molecule has 1 amide bonds. The number of hydrogen-bond acceptors (Lipinski definition) is 5. The van der Waals surface area contributed by atoms with E-state index in [1.807, 2.05) is 31.2 Å². The van der Waals surface area contributed by atoms with E-state index in [1.54, 1.807) is 16.2 Å². The number of thiazole rings is 1. The Morgan fingerprint density at radius 2 is 2.04 bits per heavy atom. The summed E-state index contributed by atoms with van der Waals surface area (Å²) in [4.78, 5) is 19.3. The van der Waals surface area contributed by atoms with Gasteiger partial charge in [0.2, 0.25) is 0 Å². The molecule has 1 aliphatic heterocycles. The second kappa shape index (κ2) is 7.29. The van der Waals surface area contributed by atoms with Crippen LogP contribution in [0, 0.1) is 6.92 Å². The van der Waals surface area contributed by atoms with Crippen LogP contribution in [0.25, 0.3) is 10.6 Å². The summed E-state index contributed by atoms with van der Waals surface area (Å²) in [6.07, 6.45) is -0.257. The first-order valence-electron chi connectivity index (χ1n) is 7.48. The van der Waals surface area contributed by atoms with Gasteiger partial charge in [0.1, 0.15) is 11.6 Å². The Balaban J connectivity index is 1.64. The number of benzene rings is 1. The van der Waals surface area contributed by atoms with Crippen molar-refractivity contribution in [2.75, 3.05) is 26.2 Å². The molecule has 1 N–H and O–H groups in total. The number of nitrogens with one attached hydrogen (secondary N) is 1. The molecular formula is C16H18ClN3O2S.